The molecule has 29 heavy (non-hydrogen) atoms. The summed E-state index contributed by atoms with van der Waals surface area (Å²) >= 11 is 7.48. The third kappa shape index (κ3) is 5.63. The van der Waals surface area contributed by atoms with Crippen molar-refractivity contribution in [1.29, 1.82) is 0 Å². The summed E-state index contributed by atoms with van der Waals surface area (Å²) in [6, 6.07) is 14.0. The van der Waals surface area contributed by atoms with E-state index in [0.717, 1.165) is 53.9 Å². The van der Waals surface area contributed by atoms with Crippen LogP contribution in [-0.4, -0.2) is 39.9 Å². The number of halogens is 1. The molecule has 1 aliphatic heterocycles. The number of carbonyl (C=O) groups excluding carboxylic acids is 1. The minimum Gasteiger partial charge on any atom is -0.353 e. The van der Waals surface area contributed by atoms with E-state index in [1.54, 1.807) is 6.20 Å². The number of amides is 1. The maximum Gasteiger partial charge on any atom is 0.226 e. The second kappa shape index (κ2) is 9.48. The van der Waals surface area contributed by atoms with Crippen LogP contribution < -0.4 is 5.32 Å². The van der Waals surface area contributed by atoms with Gasteiger partial charge in [0.05, 0.1) is 17.8 Å². The number of nitrogens with zero attached hydrogens (tertiary/aromatic N) is 3. The Bertz CT molecular complexity index is 937. The molecule has 0 saturated carbocycles. The molecule has 0 bridgehead atoms. The van der Waals surface area contributed by atoms with Crippen molar-refractivity contribution in [2.24, 2.45) is 0 Å². The maximum atomic E-state index is 12.4. The lowest BCUT2D eigenvalue weighted by Crippen LogP contribution is -2.44. The lowest BCUT2D eigenvalue weighted by atomic mass is 10.0. The topological polar surface area (TPSA) is 58.1 Å². The van der Waals surface area contributed by atoms with Crippen LogP contribution in [0.3, 0.4) is 0 Å². The van der Waals surface area contributed by atoms with Crippen molar-refractivity contribution in [3.05, 3.63) is 70.3 Å². The Morgan fingerprint density at radius 1 is 1.17 bits per heavy atom. The van der Waals surface area contributed by atoms with Crippen molar-refractivity contribution in [2.45, 2.75) is 31.8 Å². The predicted octanol–water partition coefficient (Wildman–Crippen LogP) is 4.18. The second-order valence-corrected chi connectivity index (χ2v) is 8.57. The minimum absolute atomic E-state index is 0.0408. The zero-order valence-electron chi connectivity index (χ0n) is 16.1. The van der Waals surface area contributed by atoms with Gasteiger partial charge in [-0.3, -0.25) is 14.7 Å². The quantitative estimate of drug-likeness (QED) is 0.642. The van der Waals surface area contributed by atoms with E-state index in [0.29, 0.717) is 6.42 Å². The summed E-state index contributed by atoms with van der Waals surface area (Å²) in [5.74, 6) is 0.0408. The molecule has 1 aromatic carbocycles. The van der Waals surface area contributed by atoms with Gasteiger partial charge in [-0.15, -0.1) is 11.3 Å². The van der Waals surface area contributed by atoms with Crippen LogP contribution in [0.2, 0.25) is 5.02 Å². The summed E-state index contributed by atoms with van der Waals surface area (Å²) in [7, 11) is 0. The van der Waals surface area contributed by atoms with Crippen molar-refractivity contribution < 1.29 is 4.79 Å². The fourth-order valence-corrected chi connectivity index (χ4v) is 4.44. The van der Waals surface area contributed by atoms with Crippen molar-refractivity contribution in [3.63, 3.8) is 0 Å². The minimum atomic E-state index is 0.0408. The van der Waals surface area contributed by atoms with Crippen molar-refractivity contribution in [3.8, 4) is 10.7 Å². The summed E-state index contributed by atoms with van der Waals surface area (Å²) in [5, 5.41) is 6.73. The Balaban J connectivity index is 1.23. The molecule has 1 N–H and O–H groups in total. The lowest BCUT2D eigenvalue weighted by Gasteiger charge is -2.32. The van der Waals surface area contributed by atoms with E-state index in [1.807, 2.05) is 35.7 Å². The average Bonchev–Trinajstić information content (AvgIpc) is 3.20. The van der Waals surface area contributed by atoms with Crippen LogP contribution >= 0.6 is 22.9 Å². The number of aromatic nitrogens is 2. The maximum absolute atomic E-state index is 12.4. The van der Waals surface area contributed by atoms with Crippen LogP contribution in [-0.2, 0) is 17.8 Å². The molecule has 7 heteroatoms. The molecule has 150 valence electrons. The molecular weight excluding hydrogens is 404 g/mol. The second-order valence-electron chi connectivity index (χ2n) is 7.28. The molecule has 5 nitrogen and oxygen atoms in total. The molecule has 0 spiro atoms. The fourth-order valence-electron chi connectivity index (χ4n) is 3.52. The largest absolute Gasteiger partial charge is 0.353 e. The number of likely N-dealkylation sites (tertiary alicyclic amines) is 1. The number of rotatable bonds is 6. The Labute approximate surface area is 179 Å². The first-order valence-corrected chi connectivity index (χ1v) is 11.0. The zero-order valence-corrected chi connectivity index (χ0v) is 17.6. The zero-order chi connectivity index (χ0) is 20.1. The number of nitrogens with one attached hydrogen (secondary N) is 1. The highest BCUT2D eigenvalue weighted by atomic mass is 35.5. The first kappa shape index (κ1) is 20.0. The van der Waals surface area contributed by atoms with Gasteiger partial charge in [0.2, 0.25) is 5.91 Å². The van der Waals surface area contributed by atoms with E-state index in [4.69, 9.17) is 11.6 Å². The van der Waals surface area contributed by atoms with Crippen molar-refractivity contribution in [1.82, 2.24) is 20.2 Å². The van der Waals surface area contributed by atoms with Crippen LogP contribution in [0, 0.1) is 0 Å². The van der Waals surface area contributed by atoms with Crippen LogP contribution in [0.25, 0.3) is 10.7 Å². The number of pyridine rings is 1. The standard InChI is InChI=1S/C22H23ClN4OS/c23-17-6-4-16(5-7-17)14-27-11-8-18(9-12-27)25-21(28)13-19-15-29-22(26-19)20-3-1-2-10-24-20/h1-7,10,15,18H,8-9,11-14H2,(H,25,28). The van der Waals surface area contributed by atoms with Gasteiger partial charge >= 0.3 is 0 Å². The number of benzene rings is 1. The molecule has 2 aromatic heterocycles. The molecule has 0 atom stereocenters. The van der Waals surface area contributed by atoms with Gasteiger partial charge in [-0.25, -0.2) is 4.98 Å². The molecular formula is C22H23ClN4OS. The molecule has 0 radical (unpaired) electrons. The third-order valence-electron chi connectivity index (χ3n) is 5.05. The van der Waals surface area contributed by atoms with Crippen molar-refractivity contribution >= 4 is 28.8 Å². The number of hydrogen-bond donors (Lipinski definition) is 1. The molecule has 1 saturated heterocycles. The highest BCUT2D eigenvalue weighted by Crippen LogP contribution is 2.22. The highest BCUT2D eigenvalue weighted by molar-refractivity contribution is 7.13. The van der Waals surface area contributed by atoms with E-state index >= 15 is 0 Å². The van der Waals surface area contributed by atoms with E-state index in [1.165, 1.54) is 16.9 Å². The number of hydrogen-bond acceptors (Lipinski definition) is 5. The third-order valence-corrected chi connectivity index (χ3v) is 6.22. The Morgan fingerprint density at radius 3 is 2.69 bits per heavy atom. The molecule has 3 aromatic rings. The van der Waals surface area contributed by atoms with E-state index in [2.05, 4.69) is 32.3 Å². The SMILES string of the molecule is O=C(Cc1csc(-c2ccccn2)n1)NC1CCN(Cc2ccc(Cl)cc2)CC1. The number of piperidine rings is 1. The van der Waals surface area contributed by atoms with Gasteiger partial charge in [0.15, 0.2) is 0 Å². The van der Waals surface area contributed by atoms with Gasteiger partial charge in [0.25, 0.3) is 0 Å². The van der Waals surface area contributed by atoms with E-state index in [-0.39, 0.29) is 11.9 Å². The van der Waals surface area contributed by atoms with Crippen LogP contribution in [0.5, 0.6) is 0 Å². The van der Waals surface area contributed by atoms with Gasteiger partial charge in [0, 0.05) is 42.3 Å². The molecule has 4 rings (SSSR count). The van der Waals surface area contributed by atoms with Gasteiger partial charge < -0.3 is 5.32 Å². The summed E-state index contributed by atoms with van der Waals surface area (Å²) in [6.45, 7) is 2.88. The van der Waals surface area contributed by atoms with E-state index < -0.39 is 0 Å². The molecule has 1 fully saturated rings. The fraction of sp³-hybridized carbons (Fsp3) is 0.318. The summed E-state index contributed by atoms with van der Waals surface area (Å²) in [5.41, 5.74) is 2.91. The lowest BCUT2D eigenvalue weighted by molar-refractivity contribution is -0.121. The molecule has 0 unspecified atom stereocenters. The van der Waals surface area contributed by atoms with Gasteiger partial charge in [-0.1, -0.05) is 29.8 Å². The van der Waals surface area contributed by atoms with Gasteiger partial charge in [-0.2, -0.15) is 0 Å². The van der Waals surface area contributed by atoms with Crippen molar-refractivity contribution in [2.75, 3.05) is 13.1 Å². The smallest absolute Gasteiger partial charge is 0.226 e. The number of thiazole rings is 1. The Morgan fingerprint density at radius 2 is 1.97 bits per heavy atom. The molecule has 1 amide bonds. The predicted molar refractivity (Wildman–Crippen MR) is 117 cm³/mol. The first-order chi connectivity index (χ1) is 14.2. The summed E-state index contributed by atoms with van der Waals surface area (Å²) < 4.78 is 0. The highest BCUT2D eigenvalue weighted by Gasteiger charge is 2.21. The number of carbonyl (C=O) groups is 1. The molecule has 3 heterocycles. The van der Waals surface area contributed by atoms with Gasteiger partial charge in [-0.05, 0) is 42.7 Å². The van der Waals surface area contributed by atoms with Crippen LogP contribution in [0.1, 0.15) is 24.1 Å². The molecule has 1 aliphatic rings. The monoisotopic (exact) mass is 426 g/mol. The van der Waals surface area contributed by atoms with E-state index in [9.17, 15) is 4.79 Å². The normalized spacial score (nSPS) is 15.3. The summed E-state index contributed by atoms with van der Waals surface area (Å²) in [6.07, 6.45) is 4.00. The Hall–Kier alpha value is -2.28. The van der Waals surface area contributed by atoms with Gasteiger partial charge in [0.1, 0.15) is 5.01 Å². The van der Waals surface area contributed by atoms with Crippen LogP contribution in [0.15, 0.2) is 54.0 Å². The first-order valence-electron chi connectivity index (χ1n) is 9.78. The average molecular weight is 427 g/mol. The molecule has 0 aliphatic carbocycles. The van der Waals surface area contributed by atoms with Crippen LogP contribution in [0.4, 0.5) is 0 Å². The Kier molecular flexibility index (Phi) is 6.54. The summed E-state index contributed by atoms with van der Waals surface area (Å²) in [4.78, 5) is 23.7.